The molecule has 2 N–H and O–H groups in total. The van der Waals surface area contributed by atoms with Crippen molar-refractivity contribution < 1.29 is 14.6 Å². The Morgan fingerprint density at radius 2 is 2.21 bits per heavy atom. The van der Waals surface area contributed by atoms with Gasteiger partial charge in [-0.25, -0.2) is 0 Å². The lowest BCUT2D eigenvalue weighted by molar-refractivity contribution is -0.136. The first-order chi connectivity index (χ1) is 9.20. The van der Waals surface area contributed by atoms with Gasteiger partial charge in [0, 0.05) is 24.7 Å². The van der Waals surface area contributed by atoms with E-state index in [2.05, 4.69) is 10.3 Å². The van der Waals surface area contributed by atoms with Crippen molar-refractivity contribution in [2.75, 3.05) is 25.6 Å². The van der Waals surface area contributed by atoms with E-state index in [-0.39, 0.29) is 6.42 Å². The third-order valence-corrected chi connectivity index (χ3v) is 2.72. The molecule has 0 saturated carbocycles. The number of carboxylic acids is 1. The molecule has 0 radical (unpaired) electrons. The summed E-state index contributed by atoms with van der Waals surface area (Å²) in [5.74, 6) is -0.884. The van der Waals surface area contributed by atoms with Gasteiger partial charge >= 0.3 is 5.97 Å². The molecule has 2 rings (SSSR count). The first-order valence-electron chi connectivity index (χ1n) is 6.04. The molecule has 1 aromatic carbocycles. The monoisotopic (exact) mass is 260 g/mol. The number of ether oxygens (including phenoxy) is 1. The summed E-state index contributed by atoms with van der Waals surface area (Å²) in [4.78, 5) is 15.1. The number of para-hydroxylation sites is 1. The minimum Gasteiger partial charge on any atom is -0.481 e. The molecule has 0 amide bonds. The molecule has 0 aliphatic rings. The number of nitrogens with zero attached hydrogens (tertiary/aromatic N) is 1. The number of hydrogen-bond donors (Lipinski definition) is 2. The molecule has 1 heterocycles. The van der Waals surface area contributed by atoms with E-state index in [4.69, 9.17) is 9.84 Å². The highest BCUT2D eigenvalue weighted by Gasteiger charge is 2.08. The van der Waals surface area contributed by atoms with Crippen LogP contribution in [-0.2, 0) is 16.0 Å². The van der Waals surface area contributed by atoms with Crippen LogP contribution in [0.1, 0.15) is 5.69 Å². The first-order valence-corrected chi connectivity index (χ1v) is 6.04. The highest BCUT2D eigenvalue weighted by molar-refractivity contribution is 5.91. The lowest BCUT2D eigenvalue weighted by Crippen LogP contribution is -2.09. The van der Waals surface area contributed by atoms with Crippen molar-refractivity contribution in [1.82, 2.24) is 4.98 Å². The Morgan fingerprint density at radius 1 is 1.42 bits per heavy atom. The quantitative estimate of drug-likeness (QED) is 0.776. The van der Waals surface area contributed by atoms with Crippen LogP contribution < -0.4 is 5.32 Å². The molecule has 0 atom stereocenters. The fourth-order valence-electron chi connectivity index (χ4n) is 1.91. The number of hydrogen-bond acceptors (Lipinski definition) is 4. The summed E-state index contributed by atoms with van der Waals surface area (Å²) in [5.41, 5.74) is 2.23. The molecule has 0 aliphatic heterocycles. The van der Waals surface area contributed by atoms with Crippen LogP contribution in [0.4, 0.5) is 5.69 Å². The van der Waals surface area contributed by atoms with Crippen LogP contribution in [0, 0.1) is 0 Å². The second-order valence-electron chi connectivity index (χ2n) is 4.17. The predicted molar refractivity (Wildman–Crippen MR) is 73.4 cm³/mol. The largest absolute Gasteiger partial charge is 0.481 e. The third kappa shape index (κ3) is 3.42. The molecule has 0 unspecified atom stereocenters. The zero-order valence-electron chi connectivity index (χ0n) is 10.7. The van der Waals surface area contributed by atoms with Crippen LogP contribution in [0.3, 0.4) is 0 Å². The highest BCUT2D eigenvalue weighted by atomic mass is 16.5. The van der Waals surface area contributed by atoms with Crippen molar-refractivity contribution >= 4 is 22.6 Å². The molecular formula is C14H16N2O3. The minimum absolute atomic E-state index is 0.0796. The van der Waals surface area contributed by atoms with Crippen LogP contribution in [0.25, 0.3) is 10.9 Å². The van der Waals surface area contributed by atoms with Gasteiger partial charge in [0.05, 0.1) is 24.2 Å². The molecule has 100 valence electrons. The Bertz CT molecular complexity index is 584. The summed E-state index contributed by atoms with van der Waals surface area (Å²) < 4.78 is 5.00. The second kappa shape index (κ2) is 6.15. The zero-order valence-corrected chi connectivity index (χ0v) is 10.7. The van der Waals surface area contributed by atoms with Crippen molar-refractivity contribution in [3.63, 3.8) is 0 Å². The molecule has 19 heavy (non-hydrogen) atoms. The fourth-order valence-corrected chi connectivity index (χ4v) is 1.91. The first kappa shape index (κ1) is 13.3. The standard InChI is InChI=1S/C14H16N2O3/c1-19-7-6-15-13-8-10(9-14(17)18)16-12-5-3-2-4-11(12)13/h2-5,8H,6-7,9H2,1H3,(H,15,16)(H,17,18). The summed E-state index contributed by atoms with van der Waals surface area (Å²) in [6, 6.07) is 9.44. The SMILES string of the molecule is COCCNc1cc(CC(=O)O)nc2ccccc12. The molecule has 1 aromatic heterocycles. The molecule has 5 heteroatoms. The molecule has 0 aliphatic carbocycles. The normalized spacial score (nSPS) is 10.6. The van der Waals surface area contributed by atoms with E-state index in [0.29, 0.717) is 18.8 Å². The van der Waals surface area contributed by atoms with Gasteiger partial charge in [-0.3, -0.25) is 9.78 Å². The Morgan fingerprint density at radius 3 is 2.95 bits per heavy atom. The maximum atomic E-state index is 10.8. The number of rotatable bonds is 6. The molecular weight excluding hydrogens is 244 g/mol. The van der Waals surface area contributed by atoms with Gasteiger partial charge in [-0.05, 0) is 12.1 Å². The van der Waals surface area contributed by atoms with Crippen LogP contribution in [0.2, 0.25) is 0 Å². The van der Waals surface area contributed by atoms with Gasteiger partial charge in [0.15, 0.2) is 0 Å². The van der Waals surface area contributed by atoms with Crippen molar-refractivity contribution in [2.24, 2.45) is 0 Å². The maximum Gasteiger partial charge on any atom is 0.309 e. The molecule has 0 saturated heterocycles. The van der Waals surface area contributed by atoms with Crippen LogP contribution in [-0.4, -0.2) is 36.3 Å². The lowest BCUT2D eigenvalue weighted by Gasteiger charge is -2.11. The zero-order chi connectivity index (χ0) is 13.7. The number of carboxylic acid groups (broad SMARTS) is 1. The van der Waals surface area contributed by atoms with Gasteiger partial charge in [-0.1, -0.05) is 18.2 Å². The summed E-state index contributed by atoms with van der Waals surface area (Å²) in [6.45, 7) is 1.25. The van der Waals surface area contributed by atoms with Crippen molar-refractivity contribution in [1.29, 1.82) is 0 Å². The molecule has 0 fully saturated rings. The molecule has 5 nitrogen and oxygen atoms in total. The summed E-state index contributed by atoms with van der Waals surface area (Å²) >= 11 is 0. The number of benzene rings is 1. The van der Waals surface area contributed by atoms with Gasteiger partial charge in [-0.15, -0.1) is 0 Å². The molecule has 0 bridgehead atoms. The van der Waals surface area contributed by atoms with Gasteiger partial charge in [0.2, 0.25) is 0 Å². The average molecular weight is 260 g/mol. The predicted octanol–water partition coefficient (Wildman–Crippen LogP) is 1.92. The maximum absolute atomic E-state index is 10.8. The van der Waals surface area contributed by atoms with E-state index in [1.807, 2.05) is 24.3 Å². The number of nitrogens with one attached hydrogen (secondary N) is 1. The topological polar surface area (TPSA) is 71.5 Å². The van der Waals surface area contributed by atoms with Crippen molar-refractivity contribution in [3.05, 3.63) is 36.0 Å². The summed E-state index contributed by atoms with van der Waals surface area (Å²) in [6.07, 6.45) is -0.0796. The average Bonchev–Trinajstić information content (AvgIpc) is 2.38. The van der Waals surface area contributed by atoms with E-state index in [1.165, 1.54) is 0 Å². The Labute approximate surface area is 111 Å². The molecule has 0 spiro atoms. The molecule has 2 aromatic rings. The van der Waals surface area contributed by atoms with Crippen LogP contribution in [0.5, 0.6) is 0 Å². The van der Waals surface area contributed by atoms with Gasteiger partial charge < -0.3 is 15.2 Å². The van der Waals surface area contributed by atoms with E-state index in [0.717, 1.165) is 16.6 Å². The van der Waals surface area contributed by atoms with E-state index < -0.39 is 5.97 Å². The van der Waals surface area contributed by atoms with Gasteiger partial charge in [0.25, 0.3) is 0 Å². The van der Waals surface area contributed by atoms with Crippen molar-refractivity contribution in [2.45, 2.75) is 6.42 Å². The number of aromatic nitrogens is 1. The Kier molecular flexibility index (Phi) is 4.30. The number of carbonyl (C=O) groups is 1. The highest BCUT2D eigenvalue weighted by Crippen LogP contribution is 2.23. The van der Waals surface area contributed by atoms with E-state index >= 15 is 0 Å². The smallest absolute Gasteiger partial charge is 0.309 e. The minimum atomic E-state index is -0.884. The fraction of sp³-hybridized carbons (Fsp3) is 0.286. The number of methoxy groups -OCH3 is 1. The number of fused-ring (bicyclic) bond motifs is 1. The summed E-state index contributed by atoms with van der Waals surface area (Å²) in [5, 5.41) is 13.1. The Hall–Kier alpha value is -2.14. The summed E-state index contributed by atoms with van der Waals surface area (Å²) in [7, 11) is 1.64. The van der Waals surface area contributed by atoms with Gasteiger partial charge in [0.1, 0.15) is 0 Å². The Balaban J connectivity index is 2.36. The number of pyridine rings is 1. The lowest BCUT2D eigenvalue weighted by atomic mass is 10.1. The van der Waals surface area contributed by atoms with Gasteiger partial charge in [-0.2, -0.15) is 0 Å². The van der Waals surface area contributed by atoms with Crippen molar-refractivity contribution in [3.8, 4) is 0 Å². The van der Waals surface area contributed by atoms with E-state index in [1.54, 1.807) is 13.2 Å². The van der Waals surface area contributed by atoms with E-state index in [9.17, 15) is 4.79 Å². The second-order valence-corrected chi connectivity index (χ2v) is 4.17. The third-order valence-electron chi connectivity index (χ3n) is 2.72. The van der Waals surface area contributed by atoms with Crippen LogP contribution >= 0.6 is 0 Å². The van der Waals surface area contributed by atoms with Crippen LogP contribution in [0.15, 0.2) is 30.3 Å². The number of aliphatic carboxylic acids is 1. The number of anilines is 1.